The molecule has 33 heavy (non-hydrogen) atoms. The van der Waals surface area contributed by atoms with Crippen LogP contribution in [0.25, 0.3) is 0 Å². The maximum absolute atomic E-state index is 13.2. The molecular weight excluding hydrogens is 466 g/mol. The Morgan fingerprint density at radius 2 is 1.73 bits per heavy atom. The third-order valence-electron chi connectivity index (χ3n) is 5.82. The van der Waals surface area contributed by atoms with E-state index in [1.54, 1.807) is 29.2 Å². The van der Waals surface area contributed by atoms with Crippen LogP contribution in [0.3, 0.4) is 0 Å². The Hall–Kier alpha value is -3.14. The second-order valence-electron chi connectivity index (χ2n) is 7.79. The number of carbonyl (C=O) groups is 2. The lowest BCUT2D eigenvalue weighted by Crippen LogP contribution is -2.40. The summed E-state index contributed by atoms with van der Waals surface area (Å²) in [4.78, 5) is 27.7. The molecule has 2 aliphatic rings. The van der Waals surface area contributed by atoms with E-state index < -0.39 is 21.9 Å². The van der Waals surface area contributed by atoms with Crippen LogP contribution in [0.5, 0.6) is 0 Å². The molecule has 8 nitrogen and oxygen atoms in total. The van der Waals surface area contributed by atoms with Crippen LogP contribution >= 0.6 is 11.6 Å². The number of hydrogen-bond donors (Lipinski definition) is 2. The van der Waals surface area contributed by atoms with Crippen molar-refractivity contribution in [2.24, 2.45) is 10.9 Å². The first kappa shape index (κ1) is 23.0. The van der Waals surface area contributed by atoms with Crippen LogP contribution in [0.2, 0.25) is 5.02 Å². The van der Waals surface area contributed by atoms with Gasteiger partial charge in [0.05, 0.1) is 23.5 Å². The van der Waals surface area contributed by atoms with Crippen LogP contribution in [0.15, 0.2) is 76.1 Å². The van der Waals surface area contributed by atoms with E-state index in [9.17, 15) is 18.0 Å². The van der Waals surface area contributed by atoms with E-state index in [-0.39, 0.29) is 22.1 Å². The standard InChI is InChI=1S/C23H22ClN3O5S/c1-32-23(29)21-19(13-5-7-14(24)8-6-13)20-17(3-2-4-18(20)28)27(22(21)25)15-9-11-16(12-10-15)33(26,30)31/h5-12,19H,2-4,25H2,1H3,(H2,26,30,31). The number of benzene rings is 2. The van der Waals surface area contributed by atoms with Gasteiger partial charge in [0, 0.05) is 28.4 Å². The predicted molar refractivity (Wildman–Crippen MR) is 124 cm³/mol. The number of nitrogens with zero attached hydrogens (tertiary/aromatic N) is 1. The molecule has 1 heterocycles. The quantitative estimate of drug-likeness (QED) is 0.633. The summed E-state index contributed by atoms with van der Waals surface area (Å²) >= 11 is 6.05. The van der Waals surface area contributed by atoms with Crippen molar-refractivity contribution in [1.82, 2.24) is 0 Å². The largest absolute Gasteiger partial charge is 0.466 e. The zero-order valence-corrected chi connectivity index (χ0v) is 19.3. The Morgan fingerprint density at radius 3 is 2.30 bits per heavy atom. The van der Waals surface area contributed by atoms with Crippen molar-refractivity contribution in [3.63, 3.8) is 0 Å². The van der Waals surface area contributed by atoms with E-state index in [4.69, 9.17) is 27.2 Å². The second-order valence-corrected chi connectivity index (χ2v) is 9.78. The number of allylic oxidation sites excluding steroid dienone is 2. The van der Waals surface area contributed by atoms with E-state index in [2.05, 4.69) is 0 Å². The fraction of sp³-hybridized carbons (Fsp3) is 0.217. The zero-order chi connectivity index (χ0) is 23.9. The average Bonchev–Trinajstić information content (AvgIpc) is 2.78. The van der Waals surface area contributed by atoms with Gasteiger partial charge in [-0.15, -0.1) is 0 Å². The van der Waals surface area contributed by atoms with Crippen LogP contribution in [0.4, 0.5) is 5.69 Å². The van der Waals surface area contributed by atoms with Gasteiger partial charge in [-0.25, -0.2) is 18.4 Å². The van der Waals surface area contributed by atoms with Crippen molar-refractivity contribution < 1.29 is 22.7 Å². The van der Waals surface area contributed by atoms with E-state index in [0.29, 0.717) is 46.8 Å². The minimum absolute atomic E-state index is 0.0630. The van der Waals surface area contributed by atoms with Gasteiger partial charge in [0.2, 0.25) is 10.0 Å². The van der Waals surface area contributed by atoms with Gasteiger partial charge in [0.1, 0.15) is 5.82 Å². The first-order valence-electron chi connectivity index (χ1n) is 10.2. The number of esters is 1. The summed E-state index contributed by atoms with van der Waals surface area (Å²) < 4.78 is 28.4. The van der Waals surface area contributed by atoms with Gasteiger partial charge in [0.25, 0.3) is 0 Å². The van der Waals surface area contributed by atoms with Crippen LogP contribution in [-0.2, 0) is 24.3 Å². The minimum atomic E-state index is -3.89. The topological polar surface area (TPSA) is 133 Å². The fourth-order valence-corrected chi connectivity index (χ4v) is 5.01. The normalized spacial score (nSPS) is 18.9. The number of Topliss-reactive ketones (excluding diaryl/α,β-unsaturated/α-hetero) is 1. The number of hydrogen-bond acceptors (Lipinski definition) is 7. The molecule has 0 saturated carbocycles. The van der Waals surface area contributed by atoms with Crippen LogP contribution in [0, 0.1) is 0 Å². The number of methoxy groups -OCH3 is 1. The molecule has 0 spiro atoms. The molecule has 4 rings (SSSR count). The highest BCUT2D eigenvalue weighted by molar-refractivity contribution is 7.89. The van der Waals surface area contributed by atoms with E-state index in [0.717, 1.165) is 0 Å². The van der Waals surface area contributed by atoms with Gasteiger partial charge in [0.15, 0.2) is 5.78 Å². The van der Waals surface area contributed by atoms with Crippen LogP contribution < -0.4 is 15.8 Å². The smallest absolute Gasteiger partial charge is 0.338 e. The van der Waals surface area contributed by atoms with E-state index in [1.165, 1.54) is 31.4 Å². The molecule has 0 fully saturated rings. The molecule has 1 aliphatic heterocycles. The number of ketones is 1. The number of ether oxygens (including phenoxy) is 1. The number of anilines is 1. The Kier molecular flexibility index (Phi) is 6.04. The lowest BCUT2D eigenvalue weighted by molar-refractivity contribution is -0.136. The molecule has 1 aliphatic carbocycles. The highest BCUT2D eigenvalue weighted by atomic mass is 35.5. The molecule has 10 heteroatoms. The average molecular weight is 488 g/mol. The molecule has 4 N–H and O–H groups in total. The molecule has 1 atom stereocenters. The van der Waals surface area contributed by atoms with Gasteiger partial charge in [-0.2, -0.15) is 0 Å². The first-order valence-corrected chi connectivity index (χ1v) is 12.1. The number of primary sulfonamides is 1. The predicted octanol–water partition coefficient (Wildman–Crippen LogP) is 2.94. The van der Waals surface area contributed by atoms with Crippen molar-refractivity contribution in [3.8, 4) is 0 Å². The van der Waals surface area contributed by atoms with Gasteiger partial charge in [-0.05, 0) is 54.8 Å². The lowest BCUT2D eigenvalue weighted by Gasteiger charge is -2.40. The molecule has 172 valence electrons. The van der Waals surface area contributed by atoms with Crippen molar-refractivity contribution in [2.45, 2.75) is 30.1 Å². The molecule has 0 radical (unpaired) electrons. The van der Waals surface area contributed by atoms with Crippen LogP contribution in [0.1, 0.15) is 30.7 Å². The van der Waals surface area contributed by atoms with Crippen molar-refractivity contribution in [3.05, 3.63) is 81.8 Å². The summed E-state index contributed by atoms with van der Waals surface area (Å²) in [5.41, 5.74) is 9.01. The maximum Gasteiger partial charge on any atom is 0.338 e. The summed E-state index contributed by atoms with van der Waals surface area (Å²) in [6.07, 6.45) is 1.52. The molecule has 2 aromatic carbocycles. The van der Waals surface area contributed by atoms with E-state index in [1.807, 2.05) is 0 Å². The van der Waals surface area contributed by atoms with Crippen molar-refractivity contribution in [2.75, 3.05) is 12.0 Å². The zero-order valence-electron chi connectivity index (χ0n) is 17.7. The van der Waals surface area contributed by atoms with Gasteiger partial charge >= 0.3 is 5.97 Å². The van der Waals surface area contributed by atoms with Crippen LogP contribution in [-0.4, -0.2) is 27.3 Å². The summed E-state index contributed by atoms with van der Waals surface area (Å²) in [5.74, 6) is -1.35. The van der Waals surface area contributed by atoms with E-state index >= 15 is 0 Å². The number of nitrogens with two attached hydrogens (primary N) is 2. The highest BCUT2D eigenvalue weighted by Gasteiger charge is 2.43. The van der Waals surface area contributed by atoms with Gasteiger partial charge in [-0.3, -0.25) is 9.69 Å². The molecule has 0 amide bonds. The van der Waals surface area contributed by atoms with Crippen molar-refractivity contribution in [1.29, 1.82) is 0 Å². The Morgan fingerprint density at radius 1 is 1.09 bits per heavy atom. The third-order valence-corrected chi connectivity index (χ3v) is 7.01. The Balaban J connectivity index is 1.96. The summed E-state index contributed by atoms with van der Waals surface area (Å²) in [7, 11) is -2.64. The SMILES string of the molecule is COC(=O)C1=C(N)N(c2ccc(S(N)(=O)=O)cc2)C2=C(C(=O)CCC2)C1c1ccc(Cl)cc1. The molecule has 0 bridgehead atoms. The number of carbonyl (C=O) groups excluding carboxylic acids is 2. The third kappa shape index (κ3) is 4.15. The number of halogens is 1. The number of sulfonamides is 1. The van der Waals surface area contributed by atoms with Gasteiger partial charge < -0.3 is 10.5 Å². The molecule has 2 aromatic rings. The fourth-order valence-electron chi connectivity index (χ4n) is 4.37. The monoisotopic (exact) mass is 487 g/mol. The van der Waals surface area contributed by atoms with Gasteiger partial charge in [-0.1, -0.05) is 23.7 Å². The Labute approximate surface area is 196 Å². The molecular formula is C23H22ClN3O5S. The molecule has 0 aromatic heterocycles. The minimum Gasteiger partial charge on any atom is -0.466 e. The number of rotatable bonds is 4. The highest BCUT2D eigenvalue weighted by Crippen LogP contribution is 2.46. The Bertz CT molecular complexity index is 1300. The lowest BCUT2D eigenvalue weighted by atomic mass is 9.75. The summed E-state index contributed by atoms with van der Waals surface area (Å²) in [6.45, 7) is 0. The second kappa shape index (κ2) is 8.66. The van der Waals surface area contributed by atoms with Crippen molar-refractivity contribution >= 4 is 39.1 Å². The first-order chi connectivity index (χ1) is 15.6. The summed E-state index contributed by atoms with van der Waals surface area (Å²) in [5, 5.41) is 5.73. The molecule has 0 saturated heterocycles. The molecule has 1 unspecified atom stereocenters. The summed E-state index contributed by atoms with van der Waals surface area (Å²) in [6, 6.07) is 12.7. The maximum atomic E-state index is 13.2.